The Kier molecular flexibility index (Phi) is 4.90. The van der Waals surface area contributed by atoms with Crippen molar-refractivity contribution >= 4 is 22.4 Å². The third-order valence-corrected chi connectivity index (χ3v) is 5.83. The van der Waals surface area contributed by atoms with E-state index in [1.807, 2.05) is 48.5 Å². The van der Waals surface area contributed by atoms with Crippen molar-refractivity contribution in [1.82, 2.24) is 10.2 Å². The number of anilines is 1. The lowest BCUT2D eigenvalue weighted by Gasteiger charge is -2.27. The summed E-state index contributed by atoms with van der Waals surface area (Å²) in [5, 5.41) is 12.9. The quantitative estimate of drug-likeness (QED) is 0.652. The summed E-state index contributed by atoms with van der Waals surface area (Å²) in [6.45, 7) is 4.29. The number of carbonyl (C=O) groups excluding carboxylic acids is 1. The molecule has 5 nitrogen and oxygen atoms in total. The van der Waals surface area contributed by atoms with E-state index in [9.17, 15) is 4.79 Å². The van der Waals surface area contributed by atoms with Crippen LogP contribution in [0, 0.1) is 0 Å². The van der Waals surface area contributed by atoms with Crippen LogP contribution < -0.4 is 10.1 Å². The van der Waals surface area contributed by atoms with Crippen LogP contribution in [0.5, 0.6) is 11.5 Å². The van der Waals surface area contributed by atoms with E-state index >= 15 is 0 Å². The van der Waals surface area contributed by atoms with Gasteiger partial charge in [-0.15, -0.1) is 10.2 Å². The zero-order chi connectivity index (χ0) is 18.8. The number of carbonyl (C=O) groups is 1. The van der Waals surface area contributed by atoms with Crippen LogP contribution in [0.25, 0.3) is 0 Å². The number of nitrogens with one attached hydrogen (secondary N) is 1. The lowest BCUT2D eigenvalue weighted by Crippen LogP contribution is -2.25. The molecule has 1 aromatic heterocycles. The molecule has 1 unspecified atom stereocenters. The van der Waals surface area contributed by atoms with Crippen molar-refractivity contribution in [1.29, 1.82) is 0 Å². The van der Waals surface area contributed by atoms with Gasteiger partial charge in [-0.05, 0) is 18.6 Å². The van der Waals surface area contributed by atoms with Crippen LogP contribution in [0.4, 0.5) is 5.13 Å². The predicted octanol–water partition coefficient (Wildman–Crippen LogP) is 5.32. The number of ether oxygens (including phenoxy) is 1. The molecule has 1 atom stereocenters. The Bertz CT molecular complexity index is 924. The zero-order valence-electron chi connectivity index (χ0n) is 15.3. The average Bonchev–Trinajstić information content (AvgIpc) is 3.14. The number of aromatic nitrogens is 2. The summed E-state index contributed by atoms with van der Waals surface area (Å²) in [5.74, 6) is 1.22. The number of para-hydroxylation sites is 2. The van der Waals surface area contributed by atoms with Crippen molar-refractivity contribution in [2.75, 3.05) is 5.32 Å². The number of benzene rings is 2. The fourth-order valence-corrected chi connectivity index (χ4v) is 4.24. The Morgan fingerprint density at radius 1 is 1.11 bits per heavy atom. The molecule has 0 saturated carbocycles. The van der Waals surface area contributed by atoms with E-state index in [0.717, 1.165) is 29.0 Å². The third kappa shape index (κ3) is 3.45. The molecule has 0 aliphatic carbocycles. The minimum Gasteiger partial charge on any atom is -0.457 e. The van der Waals surface area contributed by atoms with E-state index in [0.29, 0.717) is 22.5 Å². The molecule has 1 aliphatic rings. The van der Waals surface area contributed by atoms with E-state index in [2.05, 4.69) is 29.4 Å². The van der Waals surface area contributed by atoms with E-state index in [1.165, 1.54) is 11.3 Å². The van der Waals surface area contributed by atoms with Crippen LogP contribution in [0.2, 0.25) is 0 Å². The van der Waals surface area contributed by atoms with Crippen LogP contribution in [0.1, 0.15) is 54.7 Å². The molecule has 1 amide bonds. The second-order valence-electron chi connectivity index (χ2n) is 6.74. The van der Waals surface area contributed by atoms with Gasteiger partial charge in [-0.3, -0.25) is 10.1 Å². The second kappa shape index (κ2) is 7.48. The van der Waals surface area contributed by atoms with Gasteiger partial charge >= 0.3 is 0 Å². The van der Waals surface area contributed by atoms with Crippen molar-refractivity contribution < 1.29 is 9.53 Å². The van der Waals surface area contributed by atoms with Crippen molar-refractivity contribution in [3.05, 3.63) is 64.7 Å². The van der Waals surface area contributed by atoms with Gasteiger partial charge < -0.3 is 4.74 Å². The highest BCUT2D eigenvalue weighted by Gasteiger charge is 2.32. The van der Waals surface area contributed by atoms with E-state index in [4.69, 9.17) is 4.74 Å². The summed E-state index contributed by atoms with van der Waals surface area (Å²) in [5.41, 5.74) is 1.72. The number of fused-ring (bicyclic) bond motifs is 2. The highest BCUT2D eigenvalue weighted by molar-refractivity contribution is 7.15. The van der Waals surface area contributed by atoms with Gasteiger partial charge in [-0.2, -0.15) is 0 Å². The Morgan fingerprint density at radius 3 is 2.37 bits per heavy atom. The van der Waals surface area contributed by atoms with Gasteiger partial charge in [0.25, 0.3) is 0 Å². The zero-order valence-corrected chi connectivity index (χ0v) is 16.1. The molecule has 6 heteroatoms. The third-order valence-electron chi connectivity index (χ3n) is 4.76. The first-order valence-corrected chi connectivity index (χ1v) is 9.99. The maximum absolute atomic E-state index is 13.2. The van der Waals surface area contributed by atoms with Crippen molar-refractivity contribution in [2.24, 2.45) is 0 Å². The second-order valence-corrected chi connectivity index (χ2v) is 7.74. The fraction of sp³-hybridized carbons (Fsp3) is 0.286. The van der Waals surface area contributed by atoms with Crippen LogP contribution in [-0.2, 0) is 4.79 Å². The highest BCUT2D eigenvalue weighted by atomic mass is 32.1. The SMILES string of the molecule is CCCC(C)c1nnc(NC(=O)C2c3ccccc3Oc3ccccc32)s1. The summed E-state index contributed by atoms with van der Waals surface area (Å²) in [6, 6.07) is 15.3. The largest absolute Gasteiger partial charge is 0.457 e. The van der Waals surface area contributed by atoms with E-state index in [-0.39, 0.29) is 5.91 Å². The molecule has 2 aromatic carbocycles. The maximum Gasteiger partial charge on any atom is 0.238 e. The molecule has 27 heavy (non-hydrogen) atoms. The van der Waals surface area contributed by atoms with Crippen LogP contribution in [0.15, 0.2) is 48.5 Å². The molecule has 1 N–H and O–H groups in total. The first-order chi connectivity index (χ1) is 13.2. The molecule has 0 spiro atoms. The summed E-state index contributed by atoms with van der Waals surface area (Å²) in [6.07, 6.45) is 2.15. The topological polar surface area (TPSA) is 64.1 Å². The lowest BCUT2D eigenvalue weighted by molar-refractivity contribution is -0.116. The average molecular weight is 379 g/mol. The molecule has 0 radical (unpaired) electrons. The van der Waals surface area contributed by atoms with Gasteiger partial charge in [0.15, 0.2) is 0 Å². The van der Waals surface area contributed by atoms with Crippen molar-refractivity contribution in [3.63, 3.8) is 0 Å². The summed E-state index contributed by atoms with van der Waals surface area (Å²) >= 11 is 1.45. The van der Waals surface area contributed by atoms with Gasteiger partial charge in [0.2, 0.25) is 11.0 Å². The van der Waals surface area contributed by atoms with Gasteiger partial charge in [0, 0.05) is 17.0 Å². The molecule has 4 rings (SSSR count). The van der Waals surface area contributed by atoms with E-state index < -0.39 is 5.92 Å². The first kappa shape index (κ1) is 17.7. The van der Waals surface area contributed by atoms with Crippen molar-refractivity contribution in [3.8, 4) is 11.5 Å². The number of amides is 1. The molecular formula is C21H21N3O2S. The summed E-state index contributed by atoms with van der Waals surface area (Å²) < 4.78 is 5.97. The van der Waals surface area contributed by atoms with Gasteiger partial charge in [0.1, 0.15) is 16.5 Å². The van der Waals surface area contributed by atoms with Crippen LogP contribution in [0.3, 0.4) is 0 Å². The van der Waals surface area contributed by atoms with Crippen molar-refractivity contribution in [2.45, 2.75) is 38.5 Å². The Labute approximate surface area is 162 Å². The fourth-order valence-electron chi connectivity index (χ4n) is 3.41. The Morgan fingerprint density at radius 2 is 1.74 bits per heavy atom. The Hall–Kier alpha value is -2.73. The number of hydrogen-bond acceptors (Lipinski definition) is 5. The normalized spacial score (nSPS) is 14.0. The van der Waals surface area contributed by atoms with Crippen LogP contribution in [-0.4, -0.2) is 16.1 Å². The smallest absolute Gasteiger partial charge is 0.238 e. The van der Waals surface area contributed by atoms with Gasteiger partial charge in [0.05, 0.1) is 5.92 Å². The monoisotopic (exact) mass is 379 g/mol. The highest BCUT2D eigenvalue weighted by Crippen LogP contribution is 2.44. The molecule has 138 valence electrons. The van der Waals surface area contributed by atoms with Gasteiger partial charge in [-0.25, -0.2) is 0 Å². The summed E-state index contributed by atoms with van der Waals surface area (Å²) in [4.78, 5) is 13.2. The molecule has 0 bridgehead atoms. The number of hydrogen-bond donors (Lipinski definition) is 1. The Balaban J connectivity index is 1.63. The molecule has 3 aromatic rings. The summed E-state index contributed by atoms with van der Waals surface area (Å²) in [7, 11) is 0. The maximum atomic E-state index is 13.2. The first-order valence-electron chi connectivity index (χ1n) is 9.17. The molecule has 1 aliphatic heterocycles. The number of nitrogens with zero attached hydrogens (tertiary/aromatic N) is 2. The standard InChI is InChI=1S/C21H21N3O2S/c1-3-8-13(2)20-23-24-21(27-20)22-19(25)18-14-9-4-6-11-16(14)26-17-12-7-5-10-15(17)18/h4-7,9-13,18H,3,8H2,1-2H3,(H,22,24,25). The lowest BCUT2D eigenvalue weighted by atomic mass is 9.87. The van der Waals surface area contributed by atoms with Gasteiger partial charge in [-0.1, -0.05) is 68.0 Å². The minimum atomic E-state index is -0.438. The number of rotatable bonds is 5. The molecule has 2 heterocycles. The molecule has 0 saturated heterocycles. The molecular weight excluding hydrogens is 358 g/mol. The van der Waals surface area contributed by atoms with Crippen LogP contribution >= 0.6 is 11.3 Å². The minimum absolute atomic E-state index is 0.121. The molecule has 0 fully saturated rings. The van der Waals surface area contributed by atoms with E-state index in [1.54, 1.807) is 0 Å². The predicted molar refractivity (Wildman–Crippen MR) is 107 cm³/mol.